The van der Waals surface area contributed by atoms with Crippen molar-refractivity contribution in [3.63, 3.8) is 0 Å². The van der Waals surface area contributed by atoms with Gasteiger partial charge in [-0.05, 0) is 38.2 Å². The Kier molecular flexibility index (Phi) is 5.75. The first kappa shape index (κ1) is 15.7. The van der Waals surface area contributed by atoms with Crippen LogP contribution in [-0.4, -0.2) is 49.7 Å². The number of hydrogen-bond donors (Lipinski definition) is 1. The van der Waals surface area contributed by atoms with Crippen LogP contribution < -0.4 is 10.1 Å². The van der Waals surface area contributed by atoms with Crippen molar-refractivity contribution in [2.45, 2.75) is 30.7 Å². The van der Waals surface area contributed by atoms with Crippen LogP contribution >= 0.6 is 11.8 Å². The fourth-order valence-corrected chi connectivity index (χ4v) is 3.87. The number of nitrogens with zero attached hydrogens (tertiary/aromatic N) is 1. The Labute approximate surface area is 127 Å². The number of likely N-dealkylation sites (N-methyl/N-ethyl adjacent to an activating group) is 1. The molecule has 1 heterocycles. The van der Waals surface area contributed by atoms with Crippen LogP contribution in [0, 0.1) is 0 Å². The summed E-state index contributed by atoms with van der Waals surface area (Å²) in [5.74, 6) is 2.17. The van der Waals surface area contributed by atoms with Crippen molar-refractivity contribution in [2.24, 2.45) is 0 Å². The molecule has 1 saturated heterocycles. The zero-order valence-electron chi connectivity index (χ0n) is 12.9. The summed E-state index contributed by atoms with van der Waals surface area (Å²) < 4.78 is 5.33. The van der Waals surface area contributed by atoms with Crippen LogP contribution in [-0.2, 0) is 0 Å². The number of benzene rings is 1. The maximum Gasteiger partial charge on any atom is 0.119 e. The maximum absolute atomic E-state index is 5.33. The average Bonchev–Trinajstić information content (AvgIpc) is 2.84. The first-order chi connectivity index (χ1) is 9.60. The molecule has 1 N–H and O–H groups in total. The maximum atomic E-state index is 5.33. The monoisotopic (exact) mass is 294 g/mol. The van der Waals surface area contributed by atoms with Crippen molar-refractivity contribution < 1.29 is 4.74 Å². The molecule has 3 atom stereocenters. The summed E-state index contributed by atoms with van der Waals surface area (Å²) in [6, 6.07) is 9.42. The average molecular weight is 294 g/mol. The molecule has 0 bridgehead atoms. The van der Waals surface area contributed by atoms with E-state index in [1.807, 2.05) is 6.07 Å². The Morgan fingerprint density at radius 1 is 1.45 bits per heavy atom. The molecule has 1 aliphatic rings. The number of methoxy groups -OCH3 is 1. The lowest BCUT2D eigenvalue weighted by Crippen LogP contribution is -2.37. The second-order valence-electron chi connectivity index (χ2n) is 5.74. The third-order valence-electron chi connectivity index (χ3n) is 3.90. The fourth-order valence-electron chi connectivity index (χ4n) is 2.69. The summed E-state index contributed by atoms with van der Waals surface area (Å²) in [7, 11) is 5.99. The lowest BCUT2D eigenvalue weighted by Gasteiger charge is -2.27. The zero-order valence-corrected chi connectivity index (χ0v) is 13.7. The standard InChI is InChI=1S/C16H26N2OS/c1-12-8-14(11-20-12)17-10-16(18(2)3)13-6-5-7-15(9-13)19-4/h5-7,9,12,14,16-17H,8,10-11H2,1-4H3. The van der Waals surface area contributed by atoms with E-state index in [2.05, 4.69) is 61.2 Å². The number of thioether (sulfide) groups is 1. The van der Waals surface area contributed by atoms with E-state index in [-0.39, 0.29) is 0 Å². The van der Waals surface area contributed by atoms with Gasteiger partial charge in [0.05, 0.1) is 7.11 Å². The van der Waals surface area contributed by atoms with Crippen molar-refractivity contribution in [1.29, 1.82) is 0 Å². The van der Waals surface area contributed by atoms with E-state index < -0.39 is 0 Å². The molecular formula is C16H26N2OS. The number of hydrogen-bond acceptors (Lipinski definition) is 4. The normalized spacial score (nSPS) is 24.1. The smallest absolute Gasteiger partial charge is 0.119 e. The Balaban J connectivity index is 1.99. The number of rotatable bonds is 6. The van der Waals surface area contributed by atoms with Crippen LogP contribution in [0.2, 0.25) is 0 Å². The molecule has 1 aromatic carbocycles. The molecule has 20 heavy (non-hydrogen) atoms. The van der Waals surface area contributed by atoms with Gasteiger partial charge in [-0.25, -0.2) is 0 Å². The van der Waals surface area contributed by atoms with Gasteiger partial charge in [-0.3, -0.25) is 0 Å². The topological polar surface area (TPSA) is 24.5 Å². The van der Waals surface area contributed by atoms with Crippen LogP contribution in [0.1, 0.15) is 24.9 Å². The molecule has 0 spiro atoms. The lowest BCUT2D eigenvalue weighted by atomic mass is 10.0. The first-order valence-electron chi connectivity index (χ1n) is 7.25. The molecule has 3 unspecified atom stereocenters. The molecule has 4 heteroatoms. The number of nitrogens with one attached hydrogen (secondary N) is 1. The highest BCUT2D eigenvalue weighted by Crippen LogP contribution is 2.27. The zero-order chi connectivity index (χ0) is 14.5. The molecule has 1 aromatic rings. The quantitative estimate of drug-likeness (QED) is 0.872. The van der Waals surface area contributed by atoms with Crippen LogP contribution in [0.4, 0.5) is 0 Å². The van der Waals surface area contributed by atoms with E-state index in [0.29, 0.717) is 12.1 Å². The predicted octanol–water partition coefficient (Wildman–Crippen LogP) is 2.78. The second kappa shape index (κ2) is 7.34. The van der Waals surface area contributed by atoms with Crippen molar-refractivity contribution in [2.75, 3.05) is 33.5 Å². The van der Waals surface area contributed by atoms with Crippen molar-refractivity contribution in [1.82, 2.24) is 10.2 Å². The highest BCUT2D eigenvalue weighted by molar-refractivity contribution is 8.00. The Bertz CT molecular complexity index is 425. The minimum Gasteiger partial charge on any atom is -0.497 e. The summed E-state index contributed by atoms with van der Waals surface area (Å²) in [6.45, 7) is 3.30. The summed E-state index contributed by atoms with van der Waals surface area (Å²) >= 11 is 2.07. The van der Waals surface area contributed by atoms with Crippen molar-refractivity contribution >= 4 is 11.8 Å². The second-order valence-corrected chi connectivity index (χ2v) is 7.21. The molecule has 112 valence electrons. The molecule has 1 fully saturated rings. The van der Waals surface area contributed by atoms with E-state index in [1.54, 1.807) is 7.11 Å². The summed E-state index contributed by atoms with van der Waals surface area (Å²) in [6.07, 6.45) is 1.28. The van der Waals surface area contributed by atoms with Gasteiger partial charge in [0.25, 0.3) is 0 Å². The van der Waals surface area contributed by atoms with Gasteiger partial charge in [-0.1, -0.05) is 19.1 Å². The molecule has 0 saturated carbocycles. The minimum absolute atomic E-state index is 0.381. The van der Waals surface area contributed by atoms with Crippen molar-refractivity contribution in [3.05, 3.63) is 29.8 Å². The molecule has 0 aliphatic carbocycles. The van der Waals surface area contributed by atoms with Gasteiger partial charge in [0, 0.05) is 29.6 Å². The van der Waals surface area contributed by atoms with Crippen LogP contribution in [0.3, 0.4) is 0 Å². The lowest BCUT2D eigenvalue weighted by molar-refractivity contribution is 0.280. The third kappa shape index (κ3) is 4.14. The van der Waals surface area contributed by atoms with E-state index >= 15 is 0 Å². The molecular weight excluding hydrogens is 268 g/mol. The Morgan fingerprint density at radius 3 is 2.85 bits per heavy atom. The van der Waals surface area contributed by atoms with Gasteiger partial charge in [0.15, 0.2) is 0 Å². The van der Waals surface area contributed by atoms with Crippen LogP contribution in [0.5, 0.6) is 5.75 Å². The Hall–Kier alpha value is -0.710. The van der Waals surface area contributed by atoms with Gasteiger partial charge < -0.3 is 15.0 Å². The van der Waals surface area contributed by atoms with Gasteiger partial charge in [0.2, 0.25) is 0 Å². The Morgan fingerprint density at radius 2 is 2.25 bits per heavy atom. The SMILES string of the molecule is COc1cccc(C(CNC2CSC(C)C2)N(C)C)c1. The first-order valence-corrected chi connectivity index (χ1v) is 8.30. The van der Waals surface area contributed by atoms with E-state index in [9.17, 15) is 0 Å². The molecule has 0 amide bonds. The molecule has 0 radical (unpaired) electrons. The number of ether oxygens (including phenoxy) is 1. The molecule has 3 nitrogen and oxygen atoms in total. The highest BCUT2D eigenvalue weighted by Gasteiger charge is 2.23. The van der Waals surface area contributed by atoms with Gasteiger partial charge in [0.1, 0.15) is 5.75 Å². The fraction of sp³-hybridized carbons (Fsp3) is 0.625. The van der Waals surface area contributed by atoms with Crippen molar-refractivity contribution in [3.8, 4) is 5.75 Å². The van der Waals surface area contributed by atoms with E-state index in [0.717, 1.165) is 17.5 Å². The van der Waals surface area contributed by atoms with E-state index in [1.165, 1.54) is 17.7 Å². The highest BCUT2D eigenvalue weighted by atomic mass is 32.2. The largest absolute Gasteiger partial charge is 0.497 e. The minimum atomic E-state index is 0.381. The summed E-state index contributed by atoms with van der Waals surface area (Å²) in [4.78, 5) is 2.27. The third-order valence-corrected chi connectivity index (χ3v) is 5.26. The van der Waals surface area contributed by atoms with E-state index in [4.69, 9.17) is 4.74 Å². The van der Waals surface area contributed by atoms with Crippen LogP contribution in [0.25, 0.3) is 0 Å². The van der Waals surface area contributed by atoms with Gasteiger partial charge in [-0.2, -0.15) is 11.8 Å². The van der Waals surface area contributed by atoms with Gasteiger partial charge in [-0.15, -0.1) is 0 Å². The molecule has 1 aliphatic heterocycles. The van der Waals surface area contributed by atoms with Gasteiger partial charge >= 0.3 is 0 Å². The molecule has 2 rings (SSSR count). The molecule has 0 aromatic heterocycles. The summed E-state index contributed by atoms with van der Waals surface area (Å²) in [5, 5.41) is 4.52. The predicted molar refractivity (Wildman–Crippen MR) is 87.7 cm³/mol. The summed E-state index contributed by atoms with van der Waals surface area (Å²) in [5.41, 5.74) is 1.31. The van der Waals surface area contributed by atoms with Crippen LogP contribution in [0.15, 0.2) is 24.3 Å².